The number of hydrogen-bond acceptors (Lipinski definition) is 12. The summed E-state index contributed by atoms with van der Waals surface area (Å²) in [7, 11) is 8.32. The molecule has 0 fully saturated rings. The molecule has 18 nitrogen and oxygen atoms in total. The first-order valence-electron chi connectivity index (χ1n) is 45.9. The van der Waals surface area contributed by atoms with Gasteiger partial charge in [-0.1, -0.05) is 186 Å². The summed E-state index contributed by atoms with van der Waals surface area (Å²) in [5.74, 6) is 0. The first-order valence-corrected chi connectivity index (χ1v) is 45.9. The fourth-order valence-electron chi connectivity index (χ4n) is 19.9. The number of aromatic nitrogens is 10. The molecule has 8 aromatic heterocycles. The SMILES string of the molecule is CN1[CH-]N(c2[c-]c(-n3c4[c-]c(-c5ccccn5)ccc4c4ccccc43)ccc2)c2ccccc21.CN1[CH-]N(c2[c-]c(-n3c4[c-]c(-n5cccn5)ccc4c4ccccc43)ccc2)c2ccccc21.CN1[CH-]N(c2ccc3c4ccccc4n(-c4[c-]c(-c5ccccn5)ccc4)c3c2)c2ccccc21.CN1[CH-]N(c2ccc3c4ccccc4n(-c4[c-]c(-n5cccn5)ccc4)c3c2)c2ccccc21.[CH3-].[CH3-].[Pt].[Pt].[Pt].[Pt]. The number of hydrogen-bond donors (Lipinski definition) is 0. The van der Waals surface area contributed by atoms with Gasteiger partial charge in [0.1, 0.15) is 0 Å². The minimum Gasteiger partial charge on any atom is -0.504 e. The number of pyridine rings is 2. The van der Waals surface area contributed by atoms with E-state index in [1.807, 2.05) is 88.7 Å². The number of para-hydroxylation sites is 12. The molecule has 144 heavy (non-hydrogen) atoms. The molecule has 24 aromatic rings. The Balaban J connectivity index is 0.000000120. The van der Waals surface area contributed by atoms with Crippen LogP contribution in [0.4, 0.5) is 68.2 Å². The van der Waals surface area contributed by atoms with Crippen molar-refractivity contribution in [2.24, 2.45) is 0 Å². The molecule has 0 saturated heterocycles. The zero-order valence-electron chi connectivity index (χ0n) is 78.9. The van der Waals surface area contributed by atoms with Crippen molar-refractivity contribution in [1.82, 2.24) is 47.8 Å². The number of benzene rings is 16. The summed E-state index contributed by atoms with van der Waals surface area (Å²) in [6.45, 7) is 8.50. The molecule has 0 amide bonds. The maximum atomic E-state index is 4.54. The molecule has 16 aromatic carbocycles. The molecule has 12 heterocycles. The molecule has 720 valence electrons. The van der Waals surface area contributed by atoms with Crippen molar-refractivity contribution in [2.75, 3.05) is 67.4 Å². The molecular formula is C122H90N18Pt4-12. The van der Waals surface area contributed by atoms with E-state index in [4.69, 9.17) is 0 Å². The molecule has 0 radical (unpaired) electrons. The Labute approximate surface area is 894 Å². The van der Waals surface area contributed by atoms with E-state index in [2.05, 4.69) is 490 Å². The van der Waals surface area contributed by atoms with Crippen LogP contribution < -0.4 is 39.2 Å². The van der Waals surface area contributed by atoms with Crippen molar-refractivity contribution in [2.45, 2.75) is 0 Å². The van der Waals surface area contributed by atoms with Crippen molar-refractivity contribution in [3.63, 3.8) is 0 Å². The molecule has 0 atom stereocenters. The average molecular weight is 2590 g/mol. The number of rotatable bonds is 12. The van der Waals surface area contributed by atoms with Crippen LogP contribution in [0, 0.1) is 77.9 Å². The van der Waals surface area contributed by atoms with Crippen LogP contribution in [0.15, 0.2) is 413 Å². The van der Waals surface area contributed by atoms with Crippen molar-refractivity contribution < 1.29 is 84.3 Å². The second kappa shape index (κ2) is 41.3. The van der Waals surface area contributed by atoms with Crippen LogP contribution in [0.25, 0.3) is 144 Å². The maximum Gasteiger partial charge on any atom is 0.0543 e. The molecule has 0 aliphatic carbocycles. The van der Waals surface area contributed by atoms with E-state index in [1.165, 1.54) is 66.4 Å². The van der Waals surface area contributed by atoms with Gasteiger partial charge in [-0.15, -0.1) is 137 Å². The Hall–Kier alpha value is -15.4. The van der Waals surface area contributed by atoms with Gasteiger partial charge >= 0.3 is 0 Å². The normalized spacial score (nSPS) is 12.6. The molecule has 28 rings (SSSR count). The summed E-state index contributed by atoms with van der Waals surface area (Å²) in [6.07, 6.45) is 11.1. The quantitative estimate of drug-likeness (QED) is 0.109. The summed E-state index contributed by atoms with van der Waals surface area (Å²) in [5.41, 5.74) is 32.1. The molecule has 4 aliphatic heterocycles. The van der Waals surface area contributed by atoms with E-state index >= 15 is 0 Å². The van der Waals surface area contributed by atoms with Gasteiger partial charge in [-0.3, -0.25) is 9.36 Å². The predicted molar refractivity (Wildman–Crippen MR) is 575 cm³/mol. The van der Waals surface area contributed by atoms with Gasteiger partial charge in [-0.05, 0) is 194 Å². The van der Waals surface area contributed by atoms with E-state index < -0.39 is 0 Å². The molecule has 0 N–H and O–H groups in total. The third kappa shape index (κ3) is 17.4. The zero-order chi connectivity index (χ0) is 92.0. The third-order valence-electron chi connectivity index (χ3n) is 26.2. The van der Waals surface area contributed by atoms with Gasteiger partial charge in [0, 0.05) is 211 Å². The van der Waals surface area contributed by atoms with E-state index in [0.717, 1.165) is 146 Å². The van der Waals surface area contributed by atoms with Crippen LogP contribution in [-0.2, 0) is 84.3 Å². The Morgan fingerprint density at radius 3 is 0.938 bits per heavy atom. The number of nitrogens with zero attached hydrogens (tertiary/aromatic N) is 18. The van der Waals surface area contributed by atoms with Crippen molar-refractivity contribution in [3.8, 4) is 56.6 Å². The van der Waals surface area contributed by atoms with Crippen LogP contribution in [0.5, 0.6) is 0 Å². The molecule has 0 saturated carbocycles. The Morgan fingerprint density at radius 2 is 0.521 bits per heavy atom. The minimum atomic E-state index is 0. The summed E-state index contributed by atoms with van der Waals surface area (Å²) in [4.78, 5) is 26.6. The van der Waals surface area contributed by atoms with Gasteiger partial charge in [0.25, 0.3) is 0 Å². The van der Waals surface area contributed by atoms with E-state index in [-0.39, 0.29) is 99.1 Å². The molecule has 0 unspecified atom stereocenters. The first-order chi connectivity index (χ1) is 68.1. The first kappa shape index (κ1) is 97.4. The van der Waals surface area contributed by atoms with Gasteiger partial charge < -0.3 is 82.3 Å². The number of fused-ring (bicyclic) bond motifs is 16. The predicted octanol–water partition coefficient (Wildman–Crippen LogP) is 28.2. The molecule has 0 spiro atoms. The summed E-state index contributed by atoms with van der Waals surface area (Å²) in [5, 5.41) is 18.4. The Kier molecular flexibility index (Phi) is 27.9. The van der Waals surface area contributed by atoms with Gasteiger partial charge in [0.05, 0.1) is 22.1 Å². The van der Waals surface area contributed by atoms with E-state index in [1.54, 1.807) is 12.4 Å². The fourth-order valence-corrected chi connectivity index (χ4v) is 19.9. The van der Waals surface area contributed by atoms with Crippen LogP contribution >= 0.6 is 0 Å². The second-order valence-electron chi connectivity index (χ2n) is 34.4. The third-order valence-corrected chi connectivity index (χ3v) is 26.2. The van der Waals surface area contributed by atoms with Crippen molar-refractivity contribution >= 4 is 155 Å². The van der Waals surface area contributed by atoms with Crippen LogP contribution in [0.3, 0.4) is 0 Å². The Bertz CT molecular complexity index is 8780. The molecule has 22 heteroatoms. The van der Waals surface area contributed by atoms with Crippen LogP contribution in [0.2, 0.25) is 0 Å². The average Bonchev–Trinajstić information content (AvgIpc) is 1.59. The standard InChI is InChI=1S/C31H21N4.C31H22N4.C29H21N5.C29H20N5.2CH3.4Pt/c1-33-21-34(30-15-5-4-14-29(30)33)23-9-8-10-24(20-23)35-28-13-3-2-11-25(28)26-17-16-22(19-31(26)35)27-12-6-7-18-32-27;1-33-21-34(30-15-5-4-14-29(30)33)23-16-17-26-25-11-2-3-13-28(25)35(31(26)20-23)24-10-8-9-22(19-24)27-12-6-7-18-32-27;1-31-20-32(28-13-5-4-12-27(28)31)21-14-15-25-24-10-2-3-11-26(24)34(29(25)19-21)23-9-6-8-22(18-23)33-17-7-16-30-33;1-31-20-32(28-13-5-4-12-27(28)31)21-8-6-9-23(18-21)34-26-11-3-2-10-24(26)25-15-14-22(19-29(25)34)33-17-7-16-30-33;;;;;;/h2-18,21H,1H3;2-18,20-21H,1H3;2-17,19-20H,1H3;2-17,20H,1H3;2*1H3;;;;/q-3;2*-2;-3;2*-1;;;;. The topological polar surface area (TPSA) is 107 Å². The van der Waals surface area contributed by atoms with Gasteiger partial charge in [-0.25, -0.2) is 0 Å². The minimum absolute atomic E-state index is 0. The van der Waals surface area contributed by atoms with Crippen LogP contribution in [0.1, 0.15) is 0 Å². The fraction of sp³-hybridized carbons (Fsp3) is 0.0328. The van der Waals surface area contributed by atoms with Crippen LogP contribution in [-0.4, -0.2) is 76.0 Å². The monoisotopic (exact) mass is 2590 g/mol. The van der Waals surface area contributed by atoms with E-state index in [0.29, 0.717) is 0 Å². The summed E-state index contributed by atoms with van der Waals surface area (Å²) >= 11 is 0. The summed E-state index contributed by atoms with van der Waals surface area (Å²) < 4.78 is 12.8. The zero-order valence-corrected chi connectivity index (χ0v) is 88.0. The van der Waals surface area contributed by atoms with Crippen molar-refractivity contribution in [3.05, 3.63) is 491 Å². The van der Waals surface area contributed by atoms with Gasteiger partial charge in [0.15, 0.2) is 0 Å². The number of anilines is 12. The molecular weight excluding hydrogens is 2500 g/mol. The molecule has 4 aliphatic rings. The van der Waals surface area contributed by atoms with Gasteiger partial charge in [-0.2, -0.15) is 61.1 Å². The second-order valence-corrected chi connectivity index (χ2v) is 34.4. The van der Waals surface area contributed by atoms with Gasteiger partial charge in [0.2, 0.25) is 0 Å². The molecule has 0 bridgehead atoms. The van der Waals surface area contributed by atoms with Crippen molar-refractivity contribution in [1.29, 1.82) is 0 Å². The maximum absolute atomic E-state index is 4.54. The Morgan fingerprint density at radius 1 is 0.215 bits per heavy atom. The van der Waals surface area contributed by atoms with E-state index in [9.17, 15) is 0 Å². The largest absolute Gasteiger partial charge is 0.504 e. The summed E-state index contributed by atoms with van der Waals surface area (Å²) in [6, 6.07) is 153. The smallest absolute Gasteiger partial charge is 0.0543 e.